The molecule has 7 heteroatoms. The van der Waals surface area contributed by atoms with Crippen LogP contribution in [0, 0.1) is 20.8 Å². The average Bonchev–Trinajstić information content (AvgIpc) is 2.45. The fourth-order valence-electron chi connectivity index (χ4n) is 2.51. The fraction of sp³-hybridized carbons (Fsp3) is 0.278. The Hall–Kier alpha value is -2.05. The van der Waals surface area contributed by atoms with Gasteiger partial charge in [-0.25, -0.2) is 8.42 Å². The van der Waals surface area contributed by atoms with Crippen LogP contribution in [0.2, 0.25) is 5.02 Å². The van der Waals surface area contributed by atoms with Gasteiger partial charge >= 0.3 is 0 Å². The highest BCUT2D eigenvalue weighted by Gasteiger charge is 2.21. The molecular weight excluding hydrogens is 360 g/mol. The zero-order valence-corrected chi connectivity index (χ0v) is 16.2. The smallest absolute Gasteiger partial charge is 0.245 e. The van der Waals surface area contributed by atoms with Gasteiger partial charge < -0.3 is 5.32 Å². The number of carbonyl (C=O) groups is 1. The Morgan fingerprint density at radius 2 is 1.68 bits per heavy atom. The fourth-order valence-corrected chi connectivity index (χ4v) is 3.54. The van der Waals surface area contributed by atoms with E-state index in [1.165, 1.54) is 0 Å². The first-order valence-electron chi connectivity index (χ1n) is 7.68. The first-order chi connectivity index (χ1) is 11.6. The molecule has 2 rings (SSSR count). The number of amides is 1. The number of nitrogens with zero attached hydrogens (tertiary/aromatic N) is 1. The van der Waals surface area contributed by atoms with E-state index in [4.69, 9.17) is 11.6 Å². The first-order valence-corrected chi connectivity index (χ1v) is 9.91. The Morgan fingerprint density at radius 1 is 1.08 bits per heavy atom. The number of sulfonamides is 1. The van der Waals surface area contributed by atoms with Crippen LogP contribution in [-0.4, -0.2) is 27.1 Å². The van der Waals surface area contributed by atoms with Gasteiger partial charge in [0.25, 0.3) is 0 Å². The molecule has 2 aromatic carbocycles. The molecule has 0 heterocycles. The molecule has 1 N–H and O–H groups in total. The standard InChI is InChI=1S/C18H21ClN2O3S/c1-12-7-13(2)9-15(8-12)20-18(22)11-21(25(4,23)24)16-6-5-14(3)17(19)10-16/h5-10H,11H2,1-4H3,(H,20,22). The molecule has 0 aliphatic carbocycles. The number of rotatable bonds is 5. The molecule has 0 spiro atoms. The molecule has 0 fully saturated rings. The van der Waals surface area contributed by atoms with E-state index >= 15 is 0 Å². The van der Waals surface area contributed by atoms with Gasteiger partial charge in [0.1, 0.15) is 6.54 Å². The number of anilines is 2. The second-order valence-corrected chi connectivity index (χ2v) is 8.44. The maximum absolute atomic E-state index is 12.4. The predicted octanol–water partition coefficient (Wildman–Crippen LogP) is 3.67. The van der Waals surface area contributed by atoms with E-state index in [2.05, 4.69) is 5.32 Å². The van der Waals surface area contributed by atoms with Crippen molar-refractivity contribution in [3.05, 3.63) is 58.1 Å². The molecule has 25 heavy (non-hydrogen) atoms. The molecule has 0 aromatic heterocycles. The van der Waals surface area contributed by atoms with Crippen LogP contribution in [0.25, 0.3) is 0 Å². The molecule has 2 aromatic rings. The van der Waals surface area contributed by atoms with E-state index < -0.39 is 15.9 Å². The summed E-state index contributed by atoms with van der Waals surface area (Å²) in [7, 11) is -3.64. The molecule has 0 aliphatic rings. The minimum absolute atomic E-state index is 0.328. The third-order valence-electron chi connectivity index (χ3n) is 3.64. The van der Waals surface area contributed by atoms with Crippen LogP contribution in [0.15, 0.2) is 36.4 Å². The molecular formula is C18H21ClN2O3S. The number of halogens is 1. The third kappa shape index (κ3) is 5.21. The number of benzene rings is 2. The van der Waals surface area contributed by atoms with Gasteiger partial charge in [-0.3, -0.25) is 9.10 Å². The second kappa shape index (κ2) is 7.45. The molecule has 0 unspecified atom stereocenters. The lowest BCUT2D eigenvalue weighted by molar-refractivity contribution is -0.114. The molecule has 5 nitrogen and oxygen atoms in total. The molecule has 0 bridgehead atoms. The Balaban J connectivity index is 2.25. The summed E-state index contributed by atoms with van der Waals surface area (Å²) >= 11 is 6.09. The molecule has 134 valence electrons. The van der Waals surface area contributed by atoms with E-state index in [-0.39, 0.29) is 6.54 Å². The van der Waals surface area contributed by atoms with Crippen LogP contribution >= 0.6 is 11.6 Å². The highest BCUT2D eigenvalue weighted by molar-refractivity contribution is 7.92. The average molecular weight is 381 g/mol. The van der Waals surface area contributed by atoms with Gasteiger partial charge in [-0.15, -0.1) is 0 Å². The summed E-state index contributed by atoms with van der Waals surface area (Å²) in [6.45, 7) is 5.36. The maximum atomic E-state index is 12.4. The van der Waals surface area contributed by atoms with Crippen LogP contribution in [-0.2, 0) is 14.8 Å². The van der Waals surface area contributed by atoms with Gasteiger partial charge in [0.2, 0.25) is 15.9 Å². The molecule has 0 aliphatic heterocycles. The van der Waals surface area contributed by atoms with Crippen LogP contribution in [0.5, 0.6) is 0 Å². The summed E-state index contributed by atoms with van der Waals surface area (Å²) in [5.41, 5.74) is 3.85. The lowest BCUT2D eigenvalue weighted by Crippen LogP contribution is -2.37. The van der Waals surface area contributed by atoms with Crippen molar-refractivity contribution in [1.82, 2.24) is 0 Å². The highest BCUT2D eigenvalue weighted by atomic mass is 35.5. The van der Waals surface area contributed by atoms with Crippen molar-refractivity contribution in [1.29, 1.82) is 0 Å². The largest absolute Gasteiger partial charge is 0.324 e. The van der Waals surface area contributed by atoms with Crippen molar-refractivity contribution in [2.75, 3.05) is 22.4 Å². The van der Waals surface area contributed by atoms with E-state index in [0.29, 0.717) is 16.4 Å². The van der Waals surface area contributed by atoms with Crippen molar-refractivity contribution in [3.8, 4) is 0 Å². The zero-order valence-electron chi connectivity index (χ0n) is 14.6. The van der Waals surface area contributed by atoms with Crippen LogP contribution in [0.4, 0.5) is 11.4 Å². The van der Waals surface area contributed by atoms with Gasteiger partial charge in [-0.2, -0.15) is 0 Å². The van der Waals surface area contributed by atoms with Gasteiger partial charge in [0.05, 0.1) is 11.9 Å². The van der Waals surface area contributed by atoms with E-state index in [0.717, 1.165) is 27.3 Å². The highest BCUT2D eigenvalue weighted by Crippen LogP contribution is 2.25. The number of aryl methyl sites for hydroxylation is 3. The molecule has 0 saturated carbocycles. The first kappa shape index (κ1) is 19.3. The SMILES string of the molecule is Cc1cc(C)cc(NC(=O)CN(c2ccc(C)c(Cl)c2)S(C)(=O)=O)c1. The second-order valence-electron chi connectivity index (χ2n) is 6.13. The third-order valence-corrected chi connectivity index (χ3v) is 5.18. The lowest BCUT2D eigenvalue weighted by Gasteiger charge is -2.22. The Kier molecular flexibility index (Phi) is 5.75. The summed E-state index contributed by atoms with van der Waals surface area (Å²) in [5.74, 6) is -0.424. The topological polar surface area (TPSA) is 66.5 Å². The van der Waals surface area contributed by atoms with Crippen molar-refractivity contribution in [2.24, 2.45) is 0 Å². The monoisotopic (exact) mass is 380 g/mol. The summed E-state index contributed by atoms with van der Waals surface area (Å²) in [6.07, 6.45) is 1.06. The number of nitrogens with one attached hydrogen (secondary N) is 1. The summed E-state index contributed by atoms with van der Waals surface area (Å²) in [4.78, 5) is 12.4. The van der Waals surface area contributed by atoms with E-state index in [1.807, 2.05) is 39.0 Å². The Morgan fingerprint density at radius 3 is 2.20 bits per heavy atom. The van der Waals surface area contributed by atoms with Gasteiger partial charge in [-0.1, -0.05) is 23.7 Å². The van der Waals surface area contributed by atoms with Crippen molar-refractivity contribution in [3.63, 3.8) is 0 Å². The normalized spacial score (nSPS) is 11.2. The van der Waals surface area contributed by atoms with E-state index in [1.54, 1.807) is 18.2 Å². The van der Waals surface area contributed by atoms with Crippen LogP contribution in [0.3, 0.4) is 0 Å². The number of hydrogen-bond acceptors (Lipinski definition) is 3. The number of hydrogen-bond donors (Lipinski definition) is 1. The summed E-state index contributed by atoms with van der Waals surface area (Å²) in [5, 5.41) is 3.19. The quantitative estimate of drug-likeness (QED) is 0.860. The van der Waals surface area contributed by atoms with E-state index in [9.17, 15) is 13.2 Å². The van der Waals surface area contributed by atoms with Crippen LogP contribution < -0.4 is 9.62 Å². The van der Waals surface area contributed by atoms with Gasteiger partial charge in [-0.05, 0) is 61.7 Å². The molecule has 0 saturated heterocycles. The zero-order chi connectivity index (χ0) is 18.8. The van der Waals surface area contributed by atoms with Crippen molar-refractivity contribution in [2.45, 2.75) is 20.8 Å². The molecule has 1 amide bonds. The van der Waals surface area contributed by atoms with Crippen LogP contribution in [0.1, 0.15) is 16.7 Å². The minimum Gasteiger partial charge on any atom is -0.324 e. The van der Waals surface area contributed by atoms with Crippen molar-refractivity contribution < 1.29 is 13.2 Å². The van der Waals surface area contributed by atoms with Gasteiger partial charge in [0, 0.05) is 10.7 Å². The minimum atomic E-state index is -3.64. The van der Waals surface area contributed by atoms with Gasteiger partial charge in [0.15, 0.2) is 0 Å². The Labute approximate surface area is 153 Å². The molecule has 0 atom stereocenters. The number of carbonyl (C=O) groups excluding carboxylic acids is 1. The van der Waals surface area contributed by atoms with Crippen molar-refractivity contribution >= 4 is 38.9 Å². The summed E-state index contributed by atoms with van der Waals surface area (Å²) < 4.78 is 25.3. The lowest BCUT2D eigenvalue weighted by atomic mass is 10.1. The maximum Gasteiger partial charge on any atom is 0.245 e. The molecule has 0 radical (unpaired) electrons. The Bertz CT molecular complexity index is 890. The predicted molar refractivity (Wildman–Crippen MR) is 103 cm³/mol. The summed E-state index contributed by atoms with van der Waals surface area (Å²) in [6, 6.07) is 10.6.